The van der Waals surface area contributed by atoms with Crippen LogP contribution in [0.3, 0.4) is 0 Å². The number of benzene rings is 1. The number of phenolic OH excluding ortho intramolecular Hbond substituents is 1. The van der Waals surface area contributed by atoms with E-state index in [0.29, 0.717) is 16.5 Å². The van der Waals surface area contributed by atoms with Crippen LogP contribution in [0.5, 0.6) is 5.75 Å². The van der Waals surface area contributed by atoms with Crippen molar-refractivity contribution >= 4 is 16.7 Å². The number of phenols is 1. The molecule has 0 saturated carbocycles. The van der Waals surface area contributed by atoms with Crippen LogP contribution in [0.4, 0.5) is 5.69 Å². The molecule has 0 fully saturated rings. The van der Waals surface area contributed by atoms with E-state index in [1.807, 2.05) is 0 Å². The van der Waals surface area contributed by atoms with Crippen molar-refractivity contribution in [1.82, 2.24) is 0 Å². The molecule has 0 atom stereocenters. The number of aromatic hydroxyl groups is 1. The van der Waals surface area contributed by atoms with Crippen molar-refractivity contribution in [2.75, 3.05) is 0 Å². The number of furan rings is 1. The van der Waals surface area contributed by atoms with Gasteiger partial charge in [-0.1, -0.05) is 0 Å². The number of nitro groups is 1. The van der Waals surface area contributed by atoms with Gasteiger partial charge in [0.1, 0.15) is 5.58 Å². The maximum Gasteiger partial charge on any atom is 0.311 e. The van der Waals surface area contributed by atoms with Gasteiger partial charge in [-0.15, -0.1) is 0 Å². The van der Waals surface area contributed by atoms with Gasteiger partial charge < -0.3 is 9.52 Å². The van der Waals surface area contributed by atoms with Gasteiger partial charge in [0.2, 0.25) is 5.75 Å². The predicted octanol–water partition coefficient (Wildman–Crippen LogP) is 2.66. The lowest BCUT2D eigenvalue weighted by Crippen LogP contribution is -1.90. The van der Waals surface area contributed by atoms with E-state index in [4.69, 9.17) is 4.42 Å². The summed E-state index contributed by atoms with van der Waals surface area (Å²) in [4.78, 5) is 10.1. The zero-order valence-electron chi connectivity index (χ0n) is 8.27. The average molecular weight is 207 g/mol. The van der Waals surface area contributed by atoms with Crippen molar-refractivity contribution < 1.29 is 14.4 Å². The Bertz CT molecular complexity index is 556. The molecule has 1 heterocycles. The number of nitrogens with zero attached hydrogens (tertiary/aromatic N) is 1. The van der Waals surface area contributed by atoms with Crippen LogP contribution in [-0.4, -0.2) is 10.0 Å². The van der Waals surface area contributed by atoms with E-state index in [-0.39, 0.29) is 11.4 Å². The van der Waals surface area contributed by atoms with E-state index in [2.05, 4.69) is 0 Å². The van der Waals surface area contributed by atoms with Gasteiger partial charge in [0.25, 0.3) is 0 Å². The molecule has 0 radical (unpaired) electrons. The van der Waals surface area contributed by atoms with Crippen molar-refractivity contribution in [1.29, 1.82) is 0 Å². The molecule has 1 aromatic heterocycles. The summed E-state index contributed by atoms with van der Waals surface area (Å²) in [5, 5.41) is 20.9. The lowest BCUT2D eigenvalue weighted by atomic mass is 10.1. The molecule has 0 aliphatic carbocycles. The molecule has 0 aliphatic heterocycles. The Kier molecular flexibility index (Phi) is 1.89. The smallest absolute Gasteiger partial charge is 0.311 e. The Morgan fingerprint density at radius 2 is 2.13 bits per heavy atom. The highest BCUT2D eigenvalue weighted by Gasteiger charge is 2.20. The molecule has 0 amide bonds. The van der Waals surface area contributed by atoms with Crippen LogP contribution in [0.1, 0.15) is 11.1 Å². The number of rotatable bonds is 1. The van der Waals surface area contributed by atoms with E-state index in [9.17, 15) is 15.2 Å². The lowest BCUT2D eigenvalue weighted by molar-refractivity contribution is -0.385. The molecule has 0 spiro atoms. The van der Waals surface area contributed by atoms with E-state index in [0.717, 1.165) is 5.56 Å². The third kappa shape index (κ3) is 1.24. The Balaban J connectivity index is 2.91. The number of fused-ring (bicyclic) bond motifs is 1. The van der Waals surface area contributed by atoms with Gasteiger partial charge in [-0.25, -0.2) is 0 Å². The maximum absolute atomic E-state index is 10.7. The molecule has 0 bridgehead atoms. The Morgan fingerprint density at radius 1 is 1.47 bits per heavy atom. The molecule has 78 valence electrons. The van der Waals surface area contributed by atoms with Gasteiger partial charge in [0.15, 0.2) is 0 Å². The standard InChI is InChI=1S/C10H9NO4/c1-5-4-15-10-6(2)9(12)8(11(13)14)3-7(5)10/h3-4,12H,1-2H3. The second kappa shape index (κ2) is 2.98. The summed E-state index contributed by atoms with van der Waals surface area (Å²) in [6, 6.07) is 1.33. The normalized spacial score (nSPS) is 10.8. The van der Waals surface area contributed by atoms with E-state index >= 15 is 0 Å². The first-order chi connectivity index (χ1) is 7.02. The molecule has 0 saturated heterocycles. The Hall–Kier alpha value is -2.04. The van der Waals surface area contributed by atoms with Gasteiger partial charge in [-0.3, -0.25) is 10.1 Å². The molecule has 0 aliphatic rings. The summed E-state index contributed by atoms with van der Waals surface area (Å²) < 4.78 is 5.21. The average Bonchev–Trinajstić information content (AvgIpc) is 2.53. The lowest BCUT2D eigenvalue weighted by Gasteiger charge is -2.00. The summed E-state index contributed by atoms with van der Waals surface area (Å²) in [5.74, 6) is -0.332. The minimum absolute atomic E-state index is 0.287. The second-order valence-electron chi connectivity index (χ2n) is 3.42. The number of hydrogen-bond acceptors (Lipinski definition) is 4. The van der Waals surface area contributed by atoms with E-state index in [1.54, 1.807) is 13.8 Å². The minimum Gasteiger partial charge on any atom is -0.502 e. The molecule has 5 nitrogen and oxygen atoms in total. The van der Waals surface area contributed by atoms with Crippen molar-refractivity contribution in [3.05, 3.63) is 33.6 Å². The topological polar surface area (TPSA) is 76.5 Å². The van der Waals surface area contributed by atoms with Gasteiger partial charge in [-0.2, -0.15) is 0 Å². The fourth-order valence-corrected chi connectivity index (χ4v) is 1.57. The fraction of sp³-hybridized carbons (Fsp3) is 0.200. The van der Waals surface area contributed by atoms with Crippen LogP contribution in [0.25, 0.3) is 11.0 Å². The third-order valence-electron chi connectivity index (χ3n) is 2.44. The van der Waals surface area contributed by atoms with Crippen LogP contribution in [0, 0.1) is 24.0 Å². The highest BCUT2D eigenvalue weighted by Crippen LogP contribution is 2.37. The van der Waals surface area contributed by atoms with E-state index in [1.165, 1.54) is 12.3 Å². The zero-order valence-corrected chi connectivity index (χ0v) is 8.27. The summed E-state index contributed by atoms with van der Waals surface area (Å²) >= 11 is 0. The van der Waals surface area contributed by atoms with Crippen LogP contribution >= 0.6 is 0 Å². The van der Waals surface area contributed by atoms with Crippen molar-refractivity contribution in [2.24, 2.45) is 0 Å². The van der Waals surface area contributed by atoms with Crippen LogP contribution in [0.2, 0.25) is 0 Å². The Labute approximate surface area is 85.1 Å². The monoisotopic (exact) mass is 207 g/mol. The quantitative estimate of drug-likeness (QED) is 0.576. The highest BCUT2D eigenvalue weighted by atomic mass is 16.6. The van der Waals surface area contributed by atoms with Crippen molar-refractivity contribution in [3.63, 3.8) is 0 Å². The molecular weight excluding hydrogens is 198 g/mol. The first-order valence-corrected chi connectivity index (χ1v) is 4.37. The number of hydrogen-bond donors (Lipinski definition) is 1. The van der Waals surface area contributed by atoms with Crippen LogP contribution in [0.15, 0.2) is 16.7 Å². The molecule has 5 heteroatoms. The molecule has 2 rings (SSSR count). The summed E-state index contributed by atoms with van der Waals surface area (Å²) in [6.45, 7) is 3.39. The van der Waals surface area contributed by atoms with Crippen molar-refractivity contribution in [3.8, 4) is 5.75 Å². The zero-order chi connectivity index (χ0) is 11.2. The van der Waals surface area contributed by atoms with Gasteiger partial charge >= 0.3 is 5.69 Å². The first kappa shape index (κ1) is 9.51. The van der Waals surface area contributed by atoms with Gasteiger partial charge in [-0.05, 0) is 19.4 Å². The summed E-state index contributed by atoms with van der Waals surface area (Å²) in [5.41, 5.74) is 1.42. The van der Waals surface area contributed by atoms with Gasteiger partial charge in [0.05, 0.1) is 11.2 Å². The minimum atomic E-state index is -0.603. The second-order valence-corrected chi connectivity index (χ2v) is 3.42. The molecule has 0 unspecified atom stereocenters. The maximum atomic E-state index is 10.7. The largest absolute Gasteiger partial charge is 0.502 e. The van der Waals surface area contributed by atoms with Gasteiger partial charge in [0, 0.05) is 17.0 Å². The fourth-order valence-electron chi connectivity index (χ4n) is 1.57. The predicted molar refractivity (Wildman–Crippen MR) is 54.0 cm³/mol. The SMILES string of the molecule is Cc1coc2c(C)c(O)c([N+](=O)[O-])cc12. The molecule has 1 N–H and O–H groups in total. The van der Waals surface area contributed by atoms with Crippen molar-refractivity contribution in [2.45, 2.75) is 13.8 Å². The third-order valence-corrected chi connectivity index (χ3v) is 2.44. The van der Waals surface area contributed by atoms with Crippen LogP contribution in [-0.2, 0) is 0 Å². The molecule has 2 aromatic rings. The number of aryl methyl sites for hydroxylation is 2. The van der Waals surface area contributed by atoms with E-state index < -0.39 is 4.92 Å². The number of nitro benzene ring substituents is 1. The molecule has 1 aromatic carbocycles. The highest BCUT2D eigenvalue weighted by molar-refractivity contribution is 5.88. The first-order valence-electron chi connectivity index (χ1n) is 4.37. The summed E-state index contributed by atoms with van der Waals surface area (Å²) in [6.07, 6.45) is 1.51. The molecular formula is C10H9NO4. The molecule has 15 heavy (non-hydrogen) atoms. The summed E-state index contributed by atoms with van der Waals surface area (Å²) in [7, 11) is 0. The Morgan fingerprint density at radius 3 is 2.73 bits per heavy atom. The van der Waals surface area contributed by atoms with Crippen LogP contribution < -0.4 is 0 Å².